The van der Waals surface area contributed by atoms with E-state index in [0.717, 1.165) is 4.68 Å². The van der Waals surface area contributed by atoms with Crippen molar-refractivity contribution in [1.29, 1.82) is 0 Å². The van der Waals surface area contributed by atoms with Gasteiger partial charge in [-0.25, -0.2) is 4.68 Å². The van der Waals surface area contributed by atoms with Gasteiger partial charge in [-0.1, -0.05) is 30.3 Å². The topological polar surface area (TPSA) is 51.4 Å². The first-order chi connectivity index (χ1) is 7.33. The third-order valence-corrected chi connectivity index (χ3v) is 2.08. The summed E-state index contributed by atoms with van der Waals surface area (Å²) < 4.78 is 1.02. The Morgan fingerprint density at radius 3 is 2.47 bits per heavy atom. The van der Waals surface area contributed by atoms with Gasteiger partial charge in [-0.15, -0.1) is 4.91 Å². The standard InChI is InChI=1S/C11H8N2O2/c14-11(9-5-2-1-3-6-9)10-7-4-8-13(10)12-15/h1-8H. The minimum atomic E-state index is -0.208. The Labute approximate surface area is 86.1 Å². The maximum atomic E-state index is 11.9. The highest BCUT2D eigenvalue weighted by Crippen LogP contribution is 2.10. The summed E-state index contributed by atoms with van der Waals surface area (Å²) in [5.41, 5.74) is 0.817. The average molecular weight is 200 g/mol. The molecule has 0 N–H and O–H groups in total. The second kappa shape index (κ2) is 3.88. The Bertz CT molecular complexity index is 488. The highest BCUT2D eigenvalue weighted by atomic mass is 16.3. The summed E-state index contributed by atoms with van der Waals surface area (Å²) in [4.78, 5) is 22.3. The molecule has 1 aromatic heterocycles. The fraction of sp³-hybridized carbons (Fsp3) is 0. The van der Waals surface area contributed by atoms with Crippen molar-refractivity contribution in [1.82, 2.24) is 4.68 Å². The number of hydrogen-bond acceptors (Lipinski definition) is 3. The summed E-state index contributed by atoms with van der Waals surface area (Å²) in [6.07, 6.45) is 1.45. The summed E-state index contributed by atoms with van der Waals surface area (Å²) >= 11 is 0. The van der Waals surface area contributed by atoms with Gasteiger partial charge < -0.3 is 0 Å². The van der Waals surface area contributed by atoms with Crippen molar-refractivity contribution in [3.63, 3.8) is 0 Å². The van der Waals surface area contributed by atoms with Crippen molar-refractivity contribution < 1.29 is 4.79 Å². The first-order valence-corrected chi connectivity index (χ1v) is 4.43. The third kappa shape index (κ3) is 1.69. The highest BCUT2D eigenvalue weighted by Gasteiger charge is 2.12. The van der Waals surface area contributed by atoms with Crippen LogP contribution in [0.3, 0.4) is 0 Å². The maximum Gasteiger partial charge on any atom is 0.211 e. The number of aromatic nitrogens is 1. The molecule has 0 amide bonds. The number of hydrogen-bond donors (Lipinski definition) is 0. The molecule has 0 aliphatic rings. The second-order valence-corrected chi connectivity index (χ2v) is 3.01. The number of nitrogens with zero attached hydrogens (tertiary/aromatic N) is 2. The van der Waals surface area contributed by atoms with Gasteiger partial charge in [-0.05, 0) is 12.1 Å². The number of rotatable bonds is 3. The molecule has 0 fully saturated rings. The molecule has 74 valence electrons. The Hall–Kier alpha value is -2.23. The van der Waals surface area contributed by atoms with E-state index in [2.05, 4.69) is 5.29 Å². The Balaban J connectivity index is 2.41. The lowest BCUT2D eigenvalue weighted by Gasteiger charge is -1.99. The van der Waals surface area contributed by atoms with E-state index >= 15 is 0 Å². The Morgan fingerprint density at radius 2 is 1.80 bits per heavy atom. The van der Waals surface area contributed by atoms with Crippen LogP contribution in [0.1, 0.15) is 16.1 Å². The normalized spacial score (nSPS) is 9.87. The molecule has 15 heavy (non-hydrogen) atoms. The van der Waals surface area contributed by atoms with Crippen molar-refractivity contribution in [2.45, 2.75) is 0 Å². The molecule has 2 aromatic rings. The van der Waals surface area contributed by atoms with Crippen LogP contribution in [0.15, 0.2) is 53.9 Å². The first kappa shape index (κ1) is 9.33. The molecule has 0 aliphatic carbocycles. The van der Waals surface area contributed by atoms with Gasteiger partial charge in [0.25, 0.3) is 0 Å². The van der Waals surface area contributed by atoms with Crippen LogP contribution in [0.25, 0.3) is 0 Å². The van der Waals surface area contributed by atoms with Crippen molar-refractivity contribution >= 4 is 5.78 Å². The second-order valence-electron chi connectivity index (χ2n) is 3.01. The van der Waals surface area contributed by atoms with E-state index in [0.29, 0.717) is 5.56 Å². The predicted octanol–water partition coefficient (Wildman–Crippen LogP) is 2.25. The number of ketones is 1. The van der Waals surface area contributed by atoms with Gasteiger partial charge in [0.1, 0.15) is 5.69 Å². The number of nitroso groups, excluding NO2 is 1. The summed E-state index contributed by atoms with van der Waals surface area (Å²) in [6, 6.07) is 11.9. The molecule has 0 saturated carbocycles. The van der Waals surface area contributed by atoms with Crippen LogP contribution in [0.4, 0.5) is 0 Å². The summed E-state index contributed by atoms with van der Waals surface area (Å²) in [5, 5.41) is 2.72. The lowest BCUT2D eigenvalue weighted by molar-refractivity contribution is 0.103. The van der Waals surface area contributed by atoms with E-state index in [4.69, 9.17) is 0 Å². The van der Waals surface area contributed by atoms with Crippen LogP contribution >= 0.6 is 0 Å². The summed E-state index contributed by atoms with van der Waals surface area (Å²) in [7, 11) is 0. The van der Waals surface area contributed by atoms with E-state index in [1.807, 2.05) is 6.07 Å². The quantitative estimate of drug-likeness (QED) is 0.563. The monoisotopic (exact) mass is 200 g/mol. The predicted molar refractivity (Wildman–Crippen MR) is 55.5 cm³/mol. The minimum absolute atomic E-state index is 0.208. The van der Waals surface area contributed by atoms with Gasteiger partial charge >= 0.3 is 0 Å². The molecule has 1 aromatic carbocycles. The van der Waals surface area contributed by atoms with Crippen LogP contribution in [0.2, 0.25) is 0 Å². The largest absolute Gasteiger partial charge is 0.287 e. The molecule has 0 saturated heterocycles. The fourth-order valence-corrected chi connectivity index (χ4v) is 1.36. The highest BCUT2D eigenvalue weighted by molar-refractivity contribution is 6.07. The van der Waals surface area contributed by atoms with Crippen LogP contribution < -0.4 is 0 Å². The Morgan fingerprint density at radius 1 is 1.07 bits per heavy atom. The van der Waals surface area contributed by atoms with E-state index in [9.17, 15) is 9.70 Å². The summed E-state index contributed by atoms with van der Waals surface area (Å²) in [6.45, 7) is 0. The number of benzene rings is 1. The number of carbonyl (C=O) groups excluding carboxylic acids is 1. The molecule has 1 heterocycles. The summed E-state index contributed by atoms with van der Waals surface area (Å²) in [5.74, 6) is -0.208. The van der Waals surface area contributed by atoms with Crippen molar-refractivity contribution in [2.75, 3.05) is 0 Å². The van der Waals surface area contributed by atoms with Crippen LogP contribution in [0.5, 0.6) is 0 Å². The van der Waals surface area contributed by atoms with Gasteiger partial charge in [0.15, 0.2) is 0 Å². The SMILES string of the molecule is O=Nn1cccc1C(=O)c1ccccc1. The minimum Gasteiger partial charge on any atom is -0.287 e. The maximum absolute atomic E-state index is 11.9. The molecule has 0 aliphatic heterocycles. The van der Waals surface area contributed by atoms with Crippen molar-refractivity contribution in [3.8, 4) is 0 Å². The number of carbonyl (C=O) groups is 1. The van der Waals surface area contributed by atoms with Gasteiger partial charge in [0.2, 0.25) is 5.78 Å². The molecule has 0 atom stereocenters. The molecule has 0 radical (unpaired) electrons. The Kier molecular flexibility index (Phi) is 2.41. The lowest BCUT2D eigenvalue weighted by atomic mass is 10.1. The van der Waals surface area contributed by atoms with Gasteiger partial charge in [0, 0.05) is 11.8 Å². The van der Waals surface area contributed by atoms with E-state index in [1.165, 1.54) is 6.20 Å². The molecule has 4 nitrogen and oxygen atoms in total. The first-order valence-electron chi connectivity index (χ1n) is 4.43. The van der Waals surface area contributed by atoms with E-state index in [1.54, 1.807) is 36.4 Å². The van der Waals surface area contributed by atoms with Crippen LogP contribution in [0, 0.1) is 4.91 Å². The molecular formula is C11H8N2O2. The van der Waals surface area contributed by atoms with Gasteiger partial charge in [0.05, 0.1) is 5.29 Å². The van der Waals surface area contributed by atoms with Crippen LogP contribution in [-0.4, -0.2) is 10.5 Å². The third-order valence-electron chi connectivity index (χ3n) is 2.08. The van der Waals surface area contributed by atoms with Gasteiger partial charge in [-0.3, -0.25) is 4.79 Å². The van der Waals surface area contributed by atoms with E-state index in [-0.39, 0.29) is 11.5 Å². The average Bonchev–Trinajstić information content (AvgIpc) is 2.77. The van der Waals surface area contributed by atoms with Crippen molar-refractivity contribution in [2.24, 2.45) is 5.29 Å². The molecule has 2 rings (SSSR count). The van der Waals surface area contributed by atoms with Gasteiger partial charge in [-0.2, -0.15) is 0 Å². The zero-order valence-electron chi connectivity index (χ0n) is 7.83. The smallest absolute Gasteiger partial charge is 0.211 e. The molecule has 0 spiro atoms. The molecule has 0 bridgehead atoms. The zero-order valence-corrected chi connectivity index (χ0v) is 7.83. The molecule has 0 unspecified atom stereocenters. The van der Waals surface area contributed by atoms with Crippen LogP contribution in [-0.2, 0) is 0 Å². The van der Waals surface area contributed by atoms with Crippen molar-refractivity contribution in [3.05, 3.63) is 64.8 Å². The molecule has 4 heteroatoms. The zero-order chi connectivity index (χ0) is 10.7. The molecular weight excluding hydrogens is 192 g/mol. The van der Waals surface area contributed by atoms with E-state index < -0.39 is 0 Å². The lowest BCUT2D eigenvalue weighted by Crippen LogP contribution is -2.05. The fourth-order valence-electron chi connectivity index (χ4n) is 1.36.